The molecule has 2 aromatic carbocycles. The van der Waals surface area contributed by atoms with Crippen LogP contribution in [0.2, 0.25) is 0 Å². The van der Waals surface area contributed by atoms with Crippen molar-refractivity contribution in [2.75, 3.05) is 4.31 Å². The Kier molecular flexibility index (Phi) is 4.78. The number of carboxylic acid groups (broad SMARTS) is 1. The minimum atomic E-state index is -3.32. The number of aromatic carboxylic acids is 1. The molecule has 0 bridgehead atoms. The average molecular weight is 432 g/mol. The van der Waals surface area contributed by atoms with Crippen molar-refractivity contribution in [3.63, 3.8) is 0 Å². The van der Waals surface area contributed by atoms with E-state index in [4.69, 9.17) is 9.52 Å². The van der Waals surface area contributed by atoms with Crippen LogP contribution in [0.15, 0.2) is 59.5 Å². The molecule has 0 spiro atoms. The van der Waals surface area contributed by atoms with Crippen LogP contribution in [0.1, 0.15) is 10.4 Å². The summed E-state index contributed by atoms with van der Waals surface area (Å²) in [6.07, 6.45) is 4.34. The van der Waals surface area contributed by atoms with Crippen LogP contribution in [-0.4, -0.2) is 24.1 Å². The number of aromatic nitrogens is 1. The van der Waals surface area contributed by atoms with Crippen LogP contribution in [0, 0.1) is 11.6 Å². The molecule has 0 fully saturated rings. The Hall–Kier alpha value is -3.66. The van der Waals surface area contributed by atoms with E-state index < -0.39 is 34.1 Å². The van der Waals surface area contributed by atoms with Crippen LogP contribution in [0.25, 0.3) is 22.0 Å². The molecule has 7 nitrogen and oxygen atoms in total. The van der Waals surface area contributed by atoms with Crippen molar-refractivity contribution in [3.8, 4) is 11.1 Å². The molecule has 0 unspecified atom stereocenters. The topological polar surface area (TPSA) is 92.8 Å². The number of benzene rings is 2. The molecule has 4 aromatic rings. The number of furan rings is 1. The Morgan fingerprint density at radius 1 is 1.17 bits per heavy atom. The van der Waals surface area contributed by atoms with E-state index >= 15 is 0 Å². The first-order valence-electron chi connectivity index (χ1n) is 8.56. The number of halogens is 2. The third-order valence-corrected chi connectivity index (χ3v) is 5.44. The quantitative estimate of drug-likeness (QED) is 0.464. The molecule has 0 radical (unpaired) electrons. The lowest BCUT2D eigenvalue weighted by Crippen LogP contribution is -2.15. The monoisotopic (exact) mass is 432 g/mol. The highest BCUT2D eigenvalue weighted by Gasteiger charge is 2.23. The van der Waals surface area contributed by atoms with Crippen LogP contribution in [0.4, 0.5) is 20.2 Å². The second-order valence-corrected chi connectivity index (χ2v) is 7.38. The predicted molar refractivity (Wildman–Crippen MR) is 106 cm³/mol. The zero-order chi connectivity index (χ0) is 21.6. The second kappa shape index (κ2) is 7.30. The summed E-state index contributed by atoms with van der Waals surface area (Å²) in [4.78, 5) is 11.3. The summed E-state index contributed by atoms with van der Waals surface area (Å²) >= 11 is 0. The molecular formula is C20H14F2N2O5S. The average Bonchev–Trinajstić information content (AvgIpc) is 3.31. The van der Waals surface area contributed by atoms with Gasteiger partial charge in [-0.05, 0) is 36.4 Å². The van der Waals surface area contributed by atoms with E-state index in [9.17, 15) is 22.0 Å². The number of hydrogen-bond acceptors (Lipinski definition) is 4. The first kappa shape index (κ1) is 19.6. The molecule has 2 aromatic heterocycles. The number of fused-ring (bicyclic) bond motifs is 1. The van der Waals surface area contributed by atoms with Crippen LogP contribution >= 0.6 is 0 Å². The van der Waals surface area contributed by atoms with Gasteiger partial charge in [0.1, 0.15) is 11.6 Å². The van der Waals surface area contributed by atoms with Crippen molar-refractivity contribution < 1.29 is 31.5 Å². The third kappa shape index (κ3) is 3.20. The molecule has 0 saturated carbocycles. The Balaban J connectivity index is 2.00. The first-order valence-corrected chi connectivity index (χ1v) is 9.69. The van der Waals surface area contributed by atoms with Gasteiger partial charge in [0, 0.05) is 29.8 Å². The Labute approximate surface area is 170 Å². The molecule has 0 saturated heterocycles. The van der Waals surface area contributed by atoms with E-state index in [1.807, 2.05) is 0 Å². The van der Waals surface area contributed by atoms with E-state index in [0.717, 1.165) is 22.5 Å². The zero-order valence-electron chi connectivity index (χ0n) is 15.4. The SMILES string of the molecule is Cn1cc(N(c2ccc(F)c(C(=O)O)c2)[SH](=O)=O)c2cc(F)cc(-c3ccoc3)c21. The molecule has 1 N–H and O–H groups in total. The highest BCUT2D eigenvalue weighted by atomic mass is 32.2. The van der Waals surface area contributed by atoms with Gasteiger partial charge in [-0.25, -0.2) is 26.3 Å². The lowest BCUT2D eigenvalue weighted by molar-refractivity contribution is 0.0692. The smallest absolute Gasteiger partial charge is 0.338 e. The molecule has 30 heavy (non-hydrogen) atoms. The molecule has 0 aliphatic heterocycles. The Morgan fingerprint density at radius 3 is 2.57 bits per heavy atom. The highest BCUT2D eigenvalue weighted by Crippen LogP contribution is 2.39. The molecule has 0 aliphatic rings. The Morgan fingerprint density at radius 2 is 1.93 bits per heavy atom. The van der Waals surface area contributed by atoms with Crippen molar-refractivity contribution in [3.05, 3.63) is 72.3 Å². The van der Waals surface area contributed by atoms with Gasteiger partial charge in [0.15, 0.2) is 0 Å². The molecule has 0 atom stereocenters. The van der Waals surface area contributed by atoms with Gasteiger partial charge >= 0.3 is 5.97 Å². The van der Waals surface area contributed by atoms with Gasteiger partial charge in [0.05, 0.1) is 35.0 Å². The third-order valence-electron chi connectivity index (χ3n) is 4.67. The standard InChI is InChI=1S/C20H14F2N2O5S/c1-23-9-18(16-7-12(21)6-14(19(16)23)11-4-5-29-10-11)24(30(27)28)13-2-3-17(22)15(8-13)20(25)26/h2-10,30H,1H3,(H,25,26). The lowest BCUT2D eigenvalue weighted by Gasteiger charge is -2.17. The van der Waals surface area contributed by atoms with E-state index in [-0.39, 0.29) is 16.8 Å². The number of anilines is 2. The molecule has 0 amide bonds. The predicted octanol–water partition coefficient (Wildman–Crippen LogP) is 4.08. The van der Waals surface area contributed by atoms with Crippen molar-refractivity contribution in [2.24, 2.45) is 7.05 Å². The molecular weight excluding hydrogens is 418 g/mol. The number of thiol groups is 1. The number of rotatable bonds is 5. The maximum absolute atomic E-state index is 14.4. The van der Waals surface area contributed by atoms with E-state index in [1.165, 1.54) is 30.9 Å². The number of hydrogen-bond donors (Lipinski definition) is 2. The zero-order valence-corrected chi connectivity index (χ0v) is 16.3. The lowest BCUT2D eigenvalue weighted by atomic mass is 10.0. The number of aryl methyl sites for hydroxylation is 1. The molecule has 10 heteroatoms. The van der Waals surface area contributed by atoms with E-state index in [2.05, 4.69) is 0 Å². The second-order valence-electron chi connectivity index (χ2n) is 6.51. The van der Waals surface area contributed by atoms with Crippen molar-refractivity contribution in [2.45, 2.75) is 0 Å². The summed E-state index contributed by atoms with van der Waals surface area (Å²) in [6.45, 7) is 0. The van der Waals surface area contributed by atoms with Crippen LogP contribution < -0.4 is 4.31 Å². The van der Waals surface area contributed by atoms with Crippen LogP contribution in [0.3, 0.4) is 0 Å². The van der Waals surface area contributed by atoms with Gasteiger partial charge in [-0.3, -0.25) is 0 Å². The Bertz CT molecular complexity index is 1350. The van der Waals surface area contributed by atoms with Gasteiger partial charge in [-0.2, -0.15) is 0 Å². The number of carbonyl (C=O) groups is 1. The summed E-state index contributed by atoms with van der Waals surface area (Å²) in [6, 6.07) is 7.06. The summed E-state index contributed by atoms with van der Waals surface area (Å²) < 4.78 is 60.0. The summed E-state index contributed by atoms with van der Waals surface area (Å²) in [5.41, 5.74) is 0.941. The fraction of sp³-hybridized carbons (Fsp3) is 0.0500. The minimum absolute atomic E-state index is 0.0912. The summed E-state index contributed by atoms with van der Waals surface area (Å²) in [5, 5.41) is 9.44. The molecule has 2 heterocycles. The molecule has 4 rings (SSSR count). The van der Waals surface area contributed by atoms with Crippen LogP contribution in [-0.2, 0) is 17.9 Å². The van der Waals surface area contributed by atoms with Crippen LogP contribution in [0.5, 0.6) is 0 Å². The largest absolute Gasteiger partial charge is 0.478 e. The van der Waals surface area contributed by atoms with Gasteiger partial charge in [-0.15, -0.1) is 0 Å². The van der Waals surface area contributed by atoms with Gasteiger partial charge in [0.2, 0.25) is 10.9 Å². The molecule has 0 aliphatic carbocycles. The fourth-order valence-corrected chi connectivity index (χ4v) is 4.08. The van der Waals surface area contributed by atoms with Crippen molar-refractivity contribution >= 4 is 39.1 Å². The fourth-order valence-electron chi connectivity index (χ4n) is 3.43. The van der Waals surface area contributed by atoms with Gasteiger partial charge in [0.25, 0.3) is 0 Å². The highest BCUT2D eigenvalue weighted by molar-refractivity contribution is 7.74. The minimum Gasteiger partial charge on any atom is -0.478 e. The first-order chi connectivity index (χ1) is 14.3. The maximum atomic E-state index is 14.4. The number of nitrogens with zero attached hydrogens (tertiary/aromatic N) is 2. The normalized spacial score (nSPS) is 11.3. The summed E-state index contributed by atoms with van der Waals surface area (Å²) in [7, 11) is -1.65. The number of carboxylic acids is 1. The van der Waals surface area contributed by atoms with Gasteiger partial charge in [-0.1, -0.05) is 0 Å². The van der Waals surface area contributed by atoms with Crippen molar-refractivity contribution in [1.82, 2.24) is 4.57 Å². The maximum Gasteiger partial charge on any atom is 0.338 e. The van der Waals surface area contributed by atoms with Gasteiger partial charge < -0.3 is 14.1 Å². The summed E-state index contributed by atoms with van der Waals surface area (Å²) in [5.74, 6) is -3.14. The van der Waals surface area contributed by atoms with E-state index in [0.29, 0.717) is 16.6 Å². The molecule has 154 valence electrons. The van der Waals surface area contributed by atoms with Crippen molar-refractivity contribution in [1.29, 1.82) is 0 Å². The van der Waals surface area contributed by atoms with E-state index in [1.54, 1.807) is 17.7 Å².